The van der Waals surface area contributed by atoms with E-state index in [1.54, 1.807) is 0 Å². The maximum absolute atomic E-state index is 12.8. The summed E-state index contributed by atoms with van der Waals surface area (Å²) < 4.78 is 6.06. The van der Waals surface area contributed by atoms with Crippen LogP contribution in [0.5, 0.6) is 5.75 Å². The lowest BCUT2D eigenvalue weighted by molar-refractivity contribution is -0.124. The first-order chi connectivity index (χ1) is 15.3. The van der Waals surface area contributed by atoms with Gasteiger partial charge in [0.25, 0.3) is 0 Å². The van der Waals surface area contributed by atoms with E-state index in [1.807, 2.05) is 62.3 Å². The van der Waals surface area contributed by atoms with E-state index in [1.165, 1.54) is 0 Å². The van der Waals surface area contributed by atoms with Gasteiger partial charge in [-0.1, -0.05) is 39.8 Å². The average molecular weight is 441 g/mol. The van der Waals surface area contributed by atoms with Crippen LogP contribution in [0, 0.1) is 5.92 Å². The molecule has 7 heteroatoms. The van der Waals surface area contributed by atoms with Crippen molar-refractivity contribution in [2.75, 3.05) is 18.6 Å². The minimum absolute atomic E-state index is 0.0587. The van der Waals surface area contributed by atoms with Gasteiger partial charge in [-0.15, -0.1) is 0 Å². The van der Waals surface area contributed by atoms with Crippen LogP contribution in [0.3, 0.4) is 0 Å². The second-order valence-corrected chi connectivity index (χ2v) is 9.16. The third kappa shape index (κ3) is 5.99. The minimum Gasteiger partial charge on any atom is -0.489 e. The van der Waals surface area contributed by atoms with Gasteiger partial charge in [0.1, 0.15) is 18.4 Å². The molecule has 0 saturated carbocycles. The quantitative estimate of drug-likeness (QED) is 0.585. The van der Waals surface area contributed by atoms with Gasteiger partial charge >= 0.3 is 0 Å². The molecule has 3 N–H and O–H groups in total. The largest absolute Gasteiger partial charge is 0.489 e. The SMILES string of the molecule is CC(C)NCc1ccc(COc2ccc3c(c2)N(C)[C@H](C(C)C)C(=O)N[C@@H](CO)C3)cn1. The third-order valence-electron chi connectivity index (χ3n) is 5.77. The van der Waals surface area contributed by atoms with Gasteiger partial charge in [0.15, 0.2) is 0 Å². The second-order valence-electron chi connectivity index (χ2n) is 9.16. The summed E-state index contributed by atoms with van der Waals surface area (Å²) in [5.41, 5.74) is 4.04. The van der Waals surface area contributed by atoms with Gasteiger partial charge in [0, 0.05) is 43.1 Å². The van der Waals surface area contributed by atoms with Crippen LogP contribution in [0.4, 0.5) is 5.69 Å². The van der Waals surface area contributed by atoms with Crippen LogP contribution in [0.1, 0.15) is 44.5 Å². The predicted octanol–water partition coefficient (Wildman–Crippen LogP) is 2.65. The summed E-state index contributed by atoms with van der Waals surface area (Å²) in [6.07, 6.45) is 2.42. The van der Waals surface area contributed by atoms with Gasteiger partial charge in [-0.2, -0.15) is 0 Å². The molecule has 0 radical (unpaired) electrons. The summed E-state index contributed by atoms with van der Waals surface area (Å²) in [6.45, 7) is 9.36. The molecule has 7 nitrogen and oxygen atoms in total. The number of pyridine rings is 1. The molecule has 1 aromatic carbocycles. The fourth-order valence-corrected chi connectivity index (χ4v) is 4.04. The van der Waals surface area contributed by atoms with Crippen LogP contribution in [-0.4, -0.2) is 47.8 Å². The number of ether oxygens (including phenoxy) is 1. The number of anilines is 1. The lowest BCUT2D eigenvalue weighted by Gasteiger charge is -2.37. The predicted molar refractivity (Wildman–Crippen MR) is 127 cm³/mol. The van der Waals surface area contributed by atoms with E-state index in [9.17, 15) is 9.90 Å². The van der Waals surface area contributed by atoms with E-state index in [-0.39, 0.29) is 30.5 Å². The van der Waals surface area contributed by atoms with Crippen LogP contribution >= 0.6 is 0 Å². The molecule has 0 saturated heterocycles. The van der Waals surface area contributed by atoms with Crippen molar-refractivity contribution in [1.82, 2.24) is 15.6 Å². The molecule has 0 fully saturated rings. The first kappa shape index (κ1) is 24.0. The second kappa shape index (κ2) is 10.8. The molecule has 32 heavy (non-hydrogen) atoms. The number of likely N-dealkylation sites (N-methyl/N-ethyl adjacent to an activating group) is 1. The monoisotopic (exact) mass is 440 g/mol. The van der Waals surface area contributed by atoms with Crippen LogP contribution in [0.15, 0.2) is 36.5 Å². The molecule has 1 aliphatic heterocycles. The summed E-state index contributed by atoms with van der Waals surface area (Å²) in [5.74, 6) is 0.798. The summed E-state index contributed by atoms with van der Waals surface area (Å²) in [6, 6.07) is 9.82. The van der Waals surface area contributed by atoms with E-state index in [4.69, 9.17) is 4.74 Å². The van der Waals surface area contributed by atoms with Crippen molar-refractivity contribution >= 4 is 11.6 Å². The first-order valence-electron chi connectivity index (χ1n) is 11.4. The summed E-state index contributed by atoms with van der Waals surface area (Å²) in [5, 5.41) is 16.1. The number of hydrogen-bond acceptors (Lipinski definition) is 6. The molecule has 2 aromatic rings. The van der Waals surface area contributed by atoms with Crippen LogP contribution in [-0.2, 0) is 24.4 Å². The lowest BCUT2D eigenvalue weighted by Crippen LogP contribution is -2.54. The summed E-state index contributed by atoms with van der Waals surface area (Å²) in [7, 11) is 1.94. The Labute approximate surface area is 191 Å². The summed E-state index contributed by atoms with van der Waals surface area (Å²) in [4.78, 5) is 19.3. The number of nitrogens with zero attached hydrogens (tertiary/aromatic N) is 2. The highest BCUT2D eigenvalue weighted by Crippen LogP contribution is 2.31. The van der Waals surface area contributed by atoms with E-state index >= 15 is 0 Å². The average Bonchev–Trinajstić information content (AvgIpc) is 2.76. The molecule has 0 unspecified atom stereocenters. The standard InChI is InChI=1S/C25H36N4O3/c1-16(2)24-25(31)28-21(14-30)10-19-7-9-22(11-23(19)29(24)5)32-15-18-6-8-20(27-12-18)13-26-17(3)4/h6-9,11-12,16-17,21,24,26,30H,10,13-15H2,1-5H3,(H,28,31)/t21-,24-/m1/s1. The van der Waals surface area contributed by atoms with E-state index < -0.39 is 0 Å². The van der Waals surface area contributed by atoms with E-state index in [0.29, 0.717) is 19.1 Å². The van der Waals surface area contributed by atoms with Crippen LogP contribution < -0.4 is 20.3 Å². The van der Waals surface area contributed by atoms with Crippen molar-refractivity contribution in [3.05, 3.63) is 53.3 Å². The fraction of sp³-hybridized carbons (Fsp3) is 0.520. The van der Waals surface area contributed by atoms with E-state index in [0.717, 1.165) is 34.8 Å². The Kier molecular flexibility index (Phi) is 8.10. The highest BCUT2D eigenvalue weighted by atomic mass is 16.5. The van der Waals surface area contributed by atoms with Gasteiger partial charge < -0.3 is 25.4 Å². The number of benzene rings is 1. The number of aromatic nitrogens is 1. The highest BCUT2D eigenvalue weighted by Gasteiger charge is 2.32. The Morgan fingerprint density at radius 3 is 2.66 bits per heavy atom. The Hall–Kier alpha value is -2.64. The molecule has 2 heterocycles. The molecular weight excluding hydrogens is 404 g/mol. The topological polar surface area (TPSA) is 86.7 Å². The number of rotatable bonds is 8. The molecule has 0 bridgehead atoms. The fourth-order valence-electron chi connectivity index (χ4n) is 4.04. The number of carbonyl (C=O) groups excluding carboxylic acids is 1. The van der Waals surface area contributed by atoms with Gasteiger partial charge in [0.05, 0.1) is 18.3 Å². The van der Waals surface area contributed by atoms with Crippen LogP contribution in [0.2, 0.25) is 0 Å². The normalized spacial score (nSPS) is 18.9. The minimum atomic E-state index is -0.324. The third-order valence-corrected chi connectivity index (χ3v) is 5.77. The van der Waals surface area contributed by atoms with Gasteiger partial charge in [-0.3, -0.25) is 9.78 Å². The highest BCUT2D eigenvalue weighted by molar-refractivity contribution is 5.86. The maximum atomic E-state index is 12.8. The Morgan fingerprint density at radius 2 is 2.03 bits per heavy atom. The molecule has 3 rings (SSSR count). The van der Waals surface area contributed by atoms with Gasteiger partial charge in [-0.25, -0.2) is 0 Å². The number of fused-ring (bicyclic) bond motifs is 1. The first-order valence-corrected chi connectivity index (χ1v) is 11.4. The number of aliphatic hydroxyl groups excluding tert-OH is 1. The Balaban J connectivity index is 1.75. The zero-order chi connectivity index (χ0) is 23.3. The molecule has 174 valence electrons. The molecule has 1 aliphatic rings. The molecule has 0 aliphatic carbocycles. The molecule has 1 amide bonds. The Morgan fingerprint density at radius 1 is 1.25 bits per heavy atom. The van der Waals surface area contributed by atoms with Crippen molar-refractivity contribution in [2.45, 2.75) is 65.4 Å². The lowest BCUT2D eigenvalue weighted by atomic mass is 9.95. The van der Waals surface area contributed by atoms with Crippen molar-refractivity contribution in [3.63, 3.8) is 0 Å². The summed E-state index contributed by atoms with van der Waals surface area (Å²) >= 11 is 0. The number of carbonyl (C=O) groups is 1. The maximum Gasteiger partial charge on any atom is 0.243 e. The van der Waals surface area contributed by atoms with Crippen molar-refractivity contribution in [2.24, 2.45) is 5.92 Å². The number of amides is 1. The van der Waals surface area contributed by atoms with E-state index in [2.05, 4.69) is 29.5 Å². The molecule has 0 spiro atoms. The molecular formula is C25H36N4O3. The van der Waals surface area contributed by atoms with Crippen molar-refractivity contribution in [1.29, 1.82) is 0 Å². The zero-order valence-corrected chi connectivity index (χ0v) is 19.8. The Bertz CT molecular complexity index is 899. The zero-order valence-electron chi connectivity index (χ0n) is 19.8. The molecule has 2 atom stereocenters. The van der Waals surface area contributed by atoms with Gasteiger partial charge in [-0.05, 0) is 30.0 Å². The number of hydrogen-bond donors (Lipinski definition) is 3. The molecule has 1 aromatic heterocycles. The smallest absolute Gasteiger partial charge is 0.243 e. The van der Waals surface area contributed by atoms with Gasteiger partial charge in [0.2, 0.25) is 5.91 Å². The number of nitrogens with one attached hydrogen (secondary N) is 2. The van der Waals surface area contributed by atoms with Crippen molar-refractivity contribution < 1.29 is 14.6 Å². The van der Waals surface area contributed by atoms with Crippen LogP contribution in [0.25, 0.3) is 0 Å². The number of aliphatic hydroxyl groups is 1. The van der Waals surface area contributed by atoms with Crippen molar-refractivity contribution in [3.8, 4) is 5.75 Å².